The summed E-state index contributed by atoms with van der Waals surface area (Å²) in [7, 11) is 0. The molecule has 0 fully saturated rings. The number of nitrogens with zero attached hydrogens (tertiary/aromatic N) is 1. The maximum absolute atomic E-state index is 5.51. The number of aryl methyl sites for hydroxylation is 1. The van der Waals surface area contributed by atoms with Crippen molar-refractivity contribution < 1.29 is 4.42 Å². The van der Waals surface area contributed by atoms with Gasteiger partial charge < -0.3 is 9.73 Å². The summed E-state index contributed by atoms with van der Waals surface area (Å²) >= 11 is 0. The summed E-state index contributed by atoms with van der Waals surface area (Å²) < 4.78 is 5.51. The van der Waals surface area contributed by atoms with E-state index in [1.54, 1.807) is 6.20 Å². The Morgan fingerprint density at radius 3 is 2.79 bits per heavy atom. The highest BCUT2D eigenvalue weighted by Crippen LogP contribution is 2.36. The number of aromatic nitrogens is 1. The van der Waals surface area contributed by atoms with Gasteiger partial charge in [-0.15, -0.1) is 0 Å². The van der Waals surface area contributed by atoms with Crippen LogP contribution in [0.3, 0.4) is 0 Å². The minimum atomic E-state index is 0.416. The Morgan fingerprint density at radius 2 is 2.05 bits per heavy atom. The van der Waals surface area contributed by atoms with Crippen molar-refractivity contribution >= 4 is 0 Å². The van der Waals surface area contributed by atoms with Gasteiger partial charge in [-0.2, -0.15) is 0 Å². The van der Waals surface area contributed by atoms with Gasteiger partial charge in [0.25, 0.3) is 0 Å². The number of oxazole rings is 1. The van der Waals surface area contributed by atoms with Crippen molar-refractivity contribution in [2.24, 2.45) is 0 Å². The molecule has 0 amide bonds. The van der Waals surface area contributed by atoms with Crippen molar-refractivity contribution in [3.8, 4) is 0 Å². The molecule has 2 unspecified atom stereocenters. The molecule has 0 aliphatic heterocycles. The predicted octanol–water partition coefficient (Wildman–Crippen LogP) is 3.71. The van der Waals surface area contributed by atoms with Crippen LogP contribution in [0.15, 0.2) is 34.9 Å². The van der Waals surface area contributed by atoms with E-state index in [4.69, 9.17) is 4.42 Å². The standard InChI is InChI=1S/C16H20N2O/c1-11-7-8-15(14-6-4-3-5-13(11)14)17-10-16-18-9-12(2)19-16/h3-6,9,11,15,17H,7-8,10H2,1-2H3. The molecule has 1 aliphatic rings. The lowest BCUT2D eigenvalue weighted by Gasteiger charge is -2.30. The second-order valence-electron chi connectivity index (χ2n) is 5.41. The normalized spacial score (nSPS) is 22.2. The van der Waals surface area contributed by atoms with Gasteiger partial charge in [-0.25, -0.2) is 4.98 Å². The number of hydrogen-bond acceptors (Lipinski definition) is 3. The van der Waals surface area contributed by atoms with Crippen molar-refractivity contribution in [2.45, 2.75) is 45.2 Å². The van der Waals surface area contributed by atoms with Gasteiger partial charge in [-0.05, 0) is 36.8 Å². The van der Waals surface area contributed by atoms with E-state index in [0.717, 1.165) is 11.7 Å². The summed E-state index contributed by atoms with van der Waals surface area (Å²) in [6, 6.07) is 9.17. The highest BCUT2D eigenvalue weighted by molar-refractivity contribution is 5.34. The molecule has 2 atom stereocenters. The summed E-state index contributed by atoms with van der Waals surface area (Å²) in [5.74, 6) is 2.31. The Labute approximate surface area is 114 Å². The summed E-state index contributed by atoms with van der Waals surface area (Å²) in [5.41, 5.74) is 2.92. The molecular weight excluding hydrogens is 236 g/mol. The fourth-order valence-electron chi connectivity index (χ4n) is 2.91. The predicted molar refractivity (Wildman–Crippen MR) is 74.9 cm³/mol. The van der Waals surface area contributed by atoms with Gasteiger partial charge in [-0.3, -0.25) is 0 Å². The summed E-state index contributed by atoms with van der Waals surface area (Å²) in [6.07, 6.45) is 4.19. The molecule has 100 valence electrons. The molecular formula is C16H20N2O. The average molecular weight is 256 g/mol. The van der Waals surface area contributed by atoms with Crippen molar-refractivity contribution in [1.82, 2.24) is 10.3 Å². The third kappa shape index (κ3) is 2.56. The largest absolute Gasteiger partial charge is 0.445 e. The first-order chi connectivity index (χ1) is 9.24. The smallest absolute Gasteiger partial charge is 0.208 e. The van der Waals surface area contributed by atoms with Crippen LogP contribution in [0.25, 0.3) is 0 Å². The summed E-state index contributed by atoms with van der Waals surface area (Å²) in [5, 5.41) is 3.57. The van der Waals surface area contributed by atoms with Crippen molar-refractivity contribution in [3.63, 3.8) is 0 Å². The number of benzene rings is 1. The van der Waals surface area contributed by atoms with Crippen LogP contribution in [0, 0.1) is 6.92 Å². The second kappa shape index (κ2) is 5.17. The molecule has 1 aromatic carbocycles. The summed E-state index contributed by atoms with van der Waals surface area (Å²) in [4.78, 5) is 4.24. The van der Waals surface area contributed by atoms with Gasteiger partial charge in [-0.1, -0.05) is 31.2 Å². The Kier molecular flexibility index (Phi) is 3.38. The maximum Gasteiger partial charge on any atom is 0.208 e. The van der Waals surface area contributed by atoms with E-state index in [0.29, 0.717) is 18.5 Å². The minimum absolute atomic E-state index is 0.416. The first kappa shape index (κ1) is 12.4. The topological polar surface area (TPSA) is 38.1 Å². The van der Waals surface area contributed by atoms with E-state index >= 15 is 0 Å². The van der Waals surface area contributed by atoms with Crippen molar-refractivity contribution in [3.05, 3.63) is 53.2 Å². The molecule has 0 radical (unpaired) electrons. The van der Waals surface area contributed by atoms with E-state index in [2.05, 4.69) is 41.5 Å². The quantitative estimate of drug-likeness (QED) is 0.909. The zero-order chi connectivity index (χ0) is 13.2. The Morgan fingerprint density at radius 1 is 1.26 bits per heavy atom. The lowest BCUT2D eigenvalue weighted by Crippen LogP contribution is -2.26. The maximum atomic E-state index is 5.51. The van der Waals surface area contributed by atoms with Crippen LogP contribution in [0.5, 0.6) is 0 Å². The van der Waals surface area contributed by atoms with Gasteiger partial charge in [0.05, 0.1) is 12.7 Å². The highest BCUT2D eigenvalue weighted by Gasteiger charge is 2.24. The van der Waals surface area contributed by atoms with Crippen molar-refractivity contribution in [2.75, 3.05) is 0 Å². The molecule has 3 heteroatoms. The average Bonchev–Trinajstić information content (AvgIpc) is 2.84. The molecule has 1 N–H and O–H groups in total. The molecule has 0 bridgehead atoms. The van der Waals surface area contributed by atoms with Crippen LogP contribution >= 0.6 is 0 Å². The zero-order valence-corrected chi connectivity index (χ0v) is 11.5. The summed E-state index contributed by atoms with van der Waals surface area (Å²) in [6.45, 7) is 4.93. The first-order valence-electron chi connectivity index (χ1n) is 6.97. The second-order valence-corrected chi connectivity index (χ2v) is 5.41. The lowest BCUT2D eigenvalue weighted by atomic mass is 9.81. The molecule has 3 nitrogen and oxygen atoms in total. The van der Waals surface area contributed by atoms with Crippen LogP contribution < -0.4 is 5.32 Å². The molecule has 2 aromatic rings. The number of hydrogen-bond donors (Lipinski definition) is 1. The van der Waals surface area contributed by atoms with Gasteiger partial charge >= 0.3 is 0 Å². The first-order valence-corrected chi connectivity index (χ1v) is 6.97. The van der Waals surface area contributed by atoms with Gasteiger partial charge in [0, 0.05) is 6.04 Å². The van der Waals surface area contributed by atoms with E-state index in [1.165, 1.54) is 24.0 Å². The zero-order valence-electron chi connectivity index (χ0n) is 11.5. The van der Waals surface area contributed by atoms with E-state index < -0.39 is 0 Å². The van der Waals surface area contributed by atoms with Gasteiger partial charge in [0.2, 0.25) is 5.89 Å². The fraction of sp³-hybridized carbons (Fsp3) is 0.438. The van der Waals surface area contributed by atoms with Gasteiger partial charge in [0.1, 0.15) is 5.76 Å². The molecule has 0 spiro atoms. The van der Waals surface area contributed by atoms with Gasteiger partial charge in [0.15, 0.2) is 0 Å². The third-order valence-corrected chi connectivity index (χ3v) is 3.96. The molecule has 1 heterocycles. The minimum Gasteiger partial charge on any atom is -0.445 e. The van der Waals surface area contributed by atoms with Crippen LogP contribution in [-0.4, -0.2) is 4.98 Å². The van der Waals surface area contributed by atoms with Crippen LogP contribution in [0.1, 0.15) is 54.5 Å². The number of rotatable bonds is 3. The van der Waals surface area contributed by atoms with E-state index in [-0.39, 0.29) is 0 Å². The third-order valence-electron chi connectivity index (χ3n) is 3.96. The van der Waals surface area contributed by atoms with Crippen LogP contribution in [-0.2, 0) is 6.54 Å². The molecule has 1 aromatic heterocycles. The molecule has 0 saturated heterocycles. The molecule has 1 aliphatic carbocycles. The Balaban J connectivity index is 1.74. The van der Waals surface area contributed by atoms with Crippen molar-refractivity contribution in [1.29, 1.82) is 0 Å². The highest BCUT2D eigenvalue weighted by atomic mass is 16.4. The van der Waals surface area contributed by atoms with E-state index in [1.807, 2.05) is 6.92 Å². The lowest BCUT2D eigenvalue weighted by molar-refractivity contribution is 0.389. The molecule has 3 rings (SSSR count). The number of nitrogens with one attached hydrogen (secondary N) is 1. The van der Waals surface area contributed by atoms with E-state index in [9.17, 15) is 0 Å². The number of fused-ring (bicyclic) bond motifs is 1. The SMILES string of the molecule is Cc1cnc(CNC2CCC(C)c3ccccc32)o1. The Bertz CT molecular complexity index is 561. The Hall–Kier alpha value is -1.61. The monoisotopic (exact) mass is 256 g/mol. The molecule has 19 heavy (non-hydrogen) atoms. The fourth-order valence-corrected chi connectivity index (χ4v) is 2.91. The van der Waals surface area contributed by atoms with Crippen LogP contribution in [0.4, 0.5) is 0 Å². The van der Waals surface area contributed by atoms with Crippen LogP contribution in [0.2, 0.25) is 0 Å². The molecule has 0 saturated carbocycles.